The molecule has 0 spiro atoms. The average molecular weight is 395 g/mol. The Morgan fingerprint density at radius 3 is 2.81 bits per heavy atom. The molecule has 0 saturated heterocycles. The van der Waals surface area contributed by atoms with Gasteiger partial charge in [-0.05, 0) is 36.8 Å². The van der Waals surface area contributed by atoms with Crippen LogP contribution in [0.15, 0.2) is 30.3 Å². The lowest BCUT2D eigenvalue weighted by molar-refractivity contribution is -0.123. The molecule has 0 aliphatic carbocycles. The highest BCUT2D eigenvalue weighted by atomic mass is 35.5. The molecule has 0 radical (unpaired) electrons. The summed E-state index contributed by atoms with van der Waals surface area (Å²) in [5.74, 6) is 0.229. The van der Waals surface area contributed by atoms with E-state index < -0.39 is 0 Å². The molecule has 8 heteroatoms. The second-order valence-electron chi connectivity index (χ2n) is 5.73. The quantitative estimate of drug-likeness (QED) is 0.858. The maximum absolute atomic E-state index is 12.5. The number of nitrogens with one attached hydrogen (secondary N) is 1. The SMILES string of the molecule is COc1cc(Cl)c(C)cc1NC(=O)CN1C(=O)COc2ccc(Cl)cc21. The third-order valence-corrected chi connectivity index (χ3v) is 4.56. The Morgan fingerprint density at radius 1 is 1.31 bits per heavy atom. The third-order valence-electron chi connectivity index (χ3n) is 3.92. The molecule has 2 aromatic rings. The summed E-state index contributed by atoms with van der Waals surface area (Å²) in [5.41, 5.74) is 1.73. The molecular formula is C18H16Cl2N2O4. The highest BCUT2D eigenvalue weighted by Crippen LogP contribution is 2.35. The predicted octanol–water partition coefficient (Wildman–Crippen LogP) is 3.67. The molecule has 1 aliphatic rings. The van der Waals surface area contributed by atoms with E-state index in [1.54, 1.807) is 30.3 Å². The fourth-order valence-corrected chi connectivity index (χ4v) is 2.93. The van der Waals surface area contributed by atoms with Crippen LogP contribution in [0.4, 0.5) is 11.4 Å². The Kier molecular flexibility index (Phi) is 5.25. The summed E-state index contributed by atoms with van der Waals surface area (Å²) < 4.78 is 10.6. The van der Waals surface area contributed by atoms with Gasteiger partial charge in [0.05, 0.1) is 18.5 Å². The first kappa shape index (κ1) is 18.4. The fraction of sp³-hybridized carbons (Fsp3) is 0.222. The van der Waals surface area contributed by atoms with Gasteiger partial charge >= 0.3 is 0 Å². The van der Waals surface area contributed by atoms with Gasteiger partial charge in [0.1, 0.15) is 18.0 Å². The molecule has 0 fully saturated rings. The topological polar surface area (TPSA) is 67.9 Å². The summed E-state index contributed by atoms with van der Waals surface area (Å²) in [4.78, 5) is 26.1. The van der Waals surface area contributed by atoms with Gasteiger partial charge in [0.2, 0.25) is 5.91 Å². The van der Waals surface area contributed by atoms with Crippen LogP contribution in [0.1, 0.15) is 5.56 Å². The molecule has 136 valence electrons. The lowest BCUT2D eigenvalue weighted by Crippen LogP contribution is -2.43. The Balaban J connectivity index is 1.82. The van der Waals surface area contributed by atoms with Gasteiger partial charge in [-0.25, -0.2) is 0 Å². The van der Waals surface area contributed by atoms with Gasteiger partial charge in [0.25, 0.3) is 5.91 Å². The van der Waals surface area contributed by atoms with E-state index >= 15 is 0 Å². The first-order valence-electron chi connectivity index (χ1n) is 7.75. The van der Waals surface area contributed by atoms with E-state index in [1.807, 2.05) is 6.92 Å². The van der Waals surface area contributed by atoms with Gasteiger partial charge in [-0.2, -0.15) is 0 Å². The zero-order valence-electron chi connectivity index (χ0n) is 14.1. The highest BCUT2D eigenvalue weighted by Gasteiger charge is 2.28. The zero-order valence-corrected chi connectivity index (χ0v) is 15.6. The van der Waals surface area contributed by atoms with Crippen LogP contribution in [0.5, 0.6) is 11.5 Å². The van der Waals surface area contributed by atoms with Crippen LogP contribution in [-0.2, 0) is 9.59 Å². The van der Waals surface area contributed by atoms with Crippen LogP contribution in [0.3, 0.4) is 0 Å². The maximum Gasteiger partial charge on any atom is 0.265 e. The molecule has 0 unspecified atom stereocenters. The number of ether oxygens (including phenoxy) is 2. The minimum absolute atomic E-state index is 0.134. The minimum atomic E-state index is -0.383. The van der Waals surface area contributed by atoms with Crippen molar-refractivity contribution < 1.29 is 19.1 Å². The fourth-order valence-electron chi connectivity index (χ4n) is 2.61. The summed E-state index contributed by atoms with van der Waals surface area (Å²) in [7, 11) is 1.49. The number of rotatable bonds is 4. The summed E-state index contributed by atoms with van der Waals surface area (Å²) in [6, 6.07) is 8.26. The molecule has 0 saturated carbocycles. The number of carbonyl (C=O) groups excluding carboxylic acids is 2. The van der Waals surface area contributed by atoms with Crippen molar-refractivity contribution in [3.8, 4) is 11.5 Å². The van der Waals surface area contributed by atoms with Crippen molar-refractivity contribution in [2.75, 3.05) is 30.5 Å². The Hall–Kier alpha value is -2.44. The Bertz CT molecular complexity index is 886. The van der Waals surface area contributed by atoms with Crippen molar-refractivity contribution in [3.63, 3.8) is 0 Å². The van der Waals surface area contributed by atoms with Crippen LogP contribution in [0.25, 0.3) is 0 Å². The zero-order chi connectivity index (χ0) is 18.8. The number of aryl methyl sites for hydroxylation is 1. The number of methoxy groups -OCH3 is 1. The summed E-state index contributed by atoms with van der Waals surface area (Å²) in [6.07, 6.45) is 0. The maximum atomic E-state index is 12.5. The number of carbonyl (C=O) groups is 2. The first-order chi connectivity index (χ1) is 12.4. The van der Waals surface area contributed by atoms with Crippen LogP contribution in [0.2, 0.25) is 10.0 Å². The van der Waals surface area contributed by atoms with Gasteiger partial charge in [0.15, 0.2) is 6.61 Å². The van der Waals surface area contributed by atoms with E-state index in [1.165, 1.54) is 12.0 Å². The van der Waals surface area contributed by atoms with E-state index in [2.05, 4.69) is 5.32 Å². The molecule has 6 nitrogen and oxygen atoms in total. The molecule has 2 amide bonds. The first-order valence-corrected chi connectivity index (χ1v) is 8.51. The van der Waals surface area contributed by atoms with E-state index in [4.69, 9.17) is 32.7 Å². The standard InChI is InChI=1S/C18H16Cl2N2O4/c1-10-5-13(16(25-2)7-12(10)20)21-17(23)8-22-14-6-11(19)3-4-15(14)26-9-18(22)24/h3-7H,8-9H2,1-2H3,(H,21,23). The largest absolute Gasteiger partial charge is 0.495 e. The van der Waals surface area contributed by atoms with Crippen LogP contribution < -0.4 is 19.7 Å². The average Bonchev–Trinajstić information content (AvgIpc) is 2.60. The lowest BCUT2D eigenvalue weighted by Gasteiger charge is -2.29. The summed E-state index contributed by atoms with van der Waals surface area (Å²) >= 11 is 12.1. The molecule has 0 bridgehead atoms. The van der Waals surface area contributed by atoms with Crippen molar-refractivity contribution >= 4 is 46.4 Å². The number of anilines is 2. The van der Waals surface area contributed by atoms with Crippen LogP contribution in [-0.4, -0.2) is 32.1 Å². The van der Waals surface area contributed by atoms with E-state index in [0.717, 1.165) is 5.56 Å². The van der Waals surface area contributed by atoms with Crippen LogP contribution in [0, 0.1) is 6.92 Å². The van der Waals surface area contributed by atoms with Crippen molar-refractivity contribution in [3.05, 3.63) is 45.9 Å². The number of nitrogens with zero attached hydrogens (tertiary/aromatic N) is 1. The normalized spacial score (nSPS) is 13.1. The number of benzene rings is 2. The number of halogens is 2. The van der Waals surface area contributed by atoms with Gasteiger partial charge in [-0.15, -0.1) is 0 Å². The van der Waals surface area contributed by atoms with E-state index in [-0.39, 0.29) is 25.0 Å². The number of amides is 2. The van der Waals surface area contributed by atoms with E-state index in [9.17, 15) is 9.59 Å². The van der Waals surface area contributed by atoms with Crippen molar-refractivity contribution in [2.24, 2.45) is 0 Å². The molecule has 3 rings (SSSR count). The molecule has 2 aromatic carbocycles. The second kappa shape index (κ2) is 7.43. The van der Waals surface area contributed by atoms with Crippen molar-refractivity contribution in [2.45, 2.75) is 6.92 Å². The summed E-state index contributed by atoms with van der Waals surface area (Å²) in [6.45, 7) is 1.51. The number of hydrogen-bond donors (Lipinski definition) is 1. The van der Waals surface area contributed by atoms with Gasteiger partial charge in [-0.3, -0.25) is 14.5 Å². The Morgan fingerprint density at radius 2 is 2.08 bits per heavy atom. The minimum Gasteiger partial charge on any atom is -0.495 e. The highest BCUT2D eigenvalue weighted by molar-refractivity contribution is 6.31. The second-order valence-corrected chi connectivity index (χ2v) is 6.57. The van der Waals surface area contributed by atoms with Crippen LogP contribution >= 0.6 is 23.2 Å². The van der Waals surface area contributed by atoms with Gasteiger partial charge in [0, 0.05) is 16.1 Å². The van der Waals surface area contributed by atoms with E-state index in [0.29, 0.717) is 32.9 Å². The predicted molar refractivity (Wildman–Crippen MR) is 101 cm³/mol. The van der Waals surface area contributed by atoms with Gasteiger partial charge < -0.3 is 14.8 Å². The van der Waals surface area contributed by atoms with Crippen molar-refractivity contribution in [1.82, 2.24) is 0 Å². The molecule has 1 heterocycles. The summed E-state index contributed by atoms with van der Waals surface area (Å²) in [5, 5.41) is 3.73. The number of fused-ring (bicyclic) bond motifs is 1. The molecule has 26 heavy (non-hydrogen) atoms. The third kappa shape index (κ3) is 3.71. The Labute approximate surface area is 160 Å². The molecular weight excluding hydrogens is 379 g/mol. The van der Waals surface area contributed by atoms with Crippen molar-refractivity contribution in [1.29, 1.82) is 0 Å². The molecule has 0 aromatic heterocycles. The number of hydrogen-bond acceptors (Lipinski definition) is 4. The van der Waals surface area contributed by atoms with Gasteiger partial charge in [-0.1, -0.05) is 23.2 Å². The smallest absolute Gasteiger partial charge is 0.265 e. The lowest BCUT2D eigenvalue weighted by atomic mass is 10.2. The molecule has 0 atom stereocenters. The molecule has 1 N–H and O–H groups in total. The monoisotopic (exact) mass is 394 g/mol. The molecule has 1 aliphatic heterocycles.